The van der Waals surface area contributed by atoms with Crippen molar-refractivity contribution in [3.63, 3.8) is 0 Å². The second-order valence-corrected chi connectivity index (χ2v) is 9.41. The van der Waals surface area contributed by atoms with Gasteiger partial charge < -0.3 is 15.6 Å². The molecule has 2 rings (SSSR count). The van der Waals surface area contributed by atoms with E-state index < -0.39 is 22.8 Å². The molecule has 1 aromatic heterocycles. The van der Waals surface area contributed by atoms with Gasteiger partial charge in [-0.3, -0.25) is 20.3 Å². The van der Waals surface area contributed by atoms with Gasteiger partial charge in [-0.2, -0.15) is 0 Å². The van der Waals surface area contributed by atoms with Gasteiger partial charge in [-0.25, -0.2) is 15.2 Å². The minimum atomic E-state index is -0.821. The minimum absolute atomic E-state index is 0.0348. The van der Waals surface area contributed by atoms with Crippen LogP contribution in [0.2, 0.25) is 0 Å². The van der Waals surface area contributed by atoms with E-state index in [9.17, 15) is 24.8 Å². The van der Waals surface area contributed by atoms with E-state index in [2.05, 4.69) is 15.8 Å². The van der Waals surface area contributed by atoms with E-state index >= 15 is 0 Å². The van der Waals surface area contributed by atoms with E-state index in [0.29, 0.717) is 18.6 Å². The molecule has 5 N–H and O–H groups in total. The molecule has 11 nitrogen and oxygen atoms in total. The summed E-state index contributed by atoms with van der Waals surface area (Å²) >= 11 is 0. The fourth-order valence-corrected chi connectivity index (χ4v) is 4.55. The lowest BCUT2D eigenvalue weighted by atomic mass is 9.96. The quantitative estimate of drug-likeness (QED) is 0.157. The van der Waals surface area contributed by atoms with E-state index in [1.165, 1.54) is 29.1 Å². The van der Waals surface area contributed by atoms with E-state index in [1.54, 1.807) is 31.2 Å². The summed E-state index contributed by atoms with van der Waals surface area (Å²) in [7, 11) is 2.36. The number of carbonyl (C=O) groups is 2. The van der Waals surface area contributed by atoms with Crippen molar-refractivity contribution in [3.05, 3.63) is 58.3 Å². The predicted octanol–water partition coefficient (Wildman–Crippen LogP) is 2.79. The molecule has 0 spiro atoms. The normalized spacial score (nSPS) is 12.4. The highest BCUT2D eigenvalue weighted by molar-refractivity contribution is 8.76. The molecule has 0 aliphatic carbocycles. The molecule has 0 aliphatic heterocycles. The van der Waals surface area contributed by atoms with E-state index in [1.807, 2.05) is 0 Å². The van der Waals surface area contributed by atoms with Gasteiger partial charge in [0, 0.05) is 30.0 Å². The van der Waals surface area contributed by atoms with Crippen molar-refractivity contribution in [1.29, 1.82) is 0 Å². The highest BCUT2D eigenvalue weighted by Gasteiger charge is 2.18. The van der Waals surface area contributed by atoms with Gasteiger partial charge in [0.25, 0.3) is 0 Å². The van der Waals surface area contributed by atoms with Crippen molar-refractivity contribution in [1.82, 2.24) is 15.8 Å². The number of phenolic OH excluding ortho intramolecular Hbond substituents is 1. The summed E-state index contributed by atoms with van der Waals surface area (Å²) in [6, 6.07) is 9.27. The first-order valence-corrected chi connectivity index (χ1v) is 12.2. The Balaban J connectivity index is 1.61. The third-order valence-electron chi connectivity index (χ3n) is 4.31. The monoisotopic (exact) mass is 495 g/mol. The van der Waals surface area contributed by atoms with Gasteiger partial charge in [-0.05, 0) is 47.4 Å². The molecule has 0 bridgehead atoms. The van der Waals surface area contributed by atoms with Crippen LogP contribution in [0.3, 0.4) is 0 Å². The van der Waals surface area contributed by atoms with Crippen LogP contribution in [0.1, 0.15) is 18.9 Å². The lowest BCUT2D eigenvalue weighted by Crippen LogP contribution is -2.45. The highest BCUT2D eigenvalue weighted by atomic mass is 33.1. The van der Waals surface area contributed by atoms with Crippen LogP contribution in [0.4, 0.5) is 10.5 Å². The molecule has 0 saturated carbocycles. The van der Waals surface area contributed by atoms with Gasteiger partial charge in [-0.1, -0.05) is 29.9 Å². The fourth-order valence-electron chi connectivity index (χ4n) is 2.70. The number of carbonyl (C=O) groups excluding carboxylic acids is 2. The molecule has 2 aromatic rings. The van der Waals surface area contributed by atoms with Crippen LogP contribution in [0, 0.1) is 16.0 Å². The molecule has 2 amide bonds. The van der Waals surface area contributed by atoms with Crippen molar-refractivity contribution in [2.45, 2.75) is 30.8 Å². The van der Waals surface area contributed by atoms with Crippen LogP contribution in [-0.4, -0.2) is 45.4 Å². The average Bonchev–Trinajstić information content (AvgIpc) is 2.78. The number of hydrazine groups is 1. The van der Waals surface area contributed by atoms with E-state index in [0.717, 1.165) is 16.4 Å². The first kappa shape index (κ1) is 26.2. The molecular weight excluding hydrogens is 470 g/mol. The summed E-state index contributed by atoms with van der Waals surface area (Å²) in [5.41, 5.74) is 11.4. The lowest BCUT2D eigenvalue weighted by molar-refractivity contribution is -0.388. The maximum atomic E-state index is 12.2. The molecule has 33 heavy (non-hydrogen) atoms. The summed E-state index contributed by atoms with van der Waals surface area (Å²) in [5, 5.41) is 20.5. The van der Waals surface area contributed by atoms with Gasteiger partial charge >= 0.3 is 11.8 Å². The Labute approximate surface area is 198 Å². The summed E-state index contributed by atoms with van der Waals surface area (Å²) in [5.74, 6) is -0.311. The summed E-state index contributed by atoms with van der Waals surface area (Å²) < 4.78 is 4.96. The zero-order valence-electron chi connectivity index (χ0n) is 17.8. The average molecular weight is 496 g/mol. The number of benzene rings is 1. The van der Waals surface area contributed by atoms with Crippen LogP contribution >= 0.6 is 21.6 Å². The molecule has 0 fully saturated rings. The Kier molecular flexibility index (Phi) is 10.7. The fraction of sp³-hybridized carbons (Fsp3) is 0.350. The van der Waals surface area contributed by atoms with E-state index in [4.69, 9.17) is 10.5 Å². The molecule has 178 valence electrons. The maximum Gasteiger partial charge on any atom is 0.426 e. The Bertz CT molecular complexity index is 947. The molecule has 1 aromatic carbocycles. The van der Waals surface area contributed by atoms with Gasteiger partial charge in [0.05, 0.1) is 4.92 Å². The Morgan fingerprint density at radius 3 is 2.70 bits per heavy atom. The van der Waals surface area contributed by atoms with Crippen LogP contribution in [0.15, 0.2) is 47.6 Å². The first-order chi connectivity index (χ1) is 15.8. The van der Waals surface area contributed by atoms with Crippen molar-refractivity contribution in [3.8, 4) is 5.75 Å². The number of hydrogen-bond acceptors (Lipinski definition) is 10. The van der Waals surface area contributed by atoms with Crippen molar-refractivity contribution in [2.75, 3.05) is 12.4 Å². The molecule has 0 radical (unpaired) electrons. The standard InChI is InChI=1S/C20H25N5O6S2/c1-13(11-15(21)12-14-4-6-16(26)7-5-14)18(27)23-24-20(28)31-9-10-32-33-19-17(25(29)30)3-2-8-22-19/h2-8,13,15,26H,9-12,21H2,1H3,(H,23,27)(H,24,28)/t13?,15-/m1/s1. The number of nitrogens with one attached hydrogen (secondary N) is 2. The smallest absolute Gasteiger partial charge is 0.426 e. The van der Waals surface area contributed by atoms with E-state index in [-0.39, 0.29) is 29.1 Å². The van der Waals surface area contributed by atoms with Gasteiger partial charge in [0.2, 0.25) is 5.91 Å². The van der Waals surface area contributed by atoms with Crippen LogP contribution in [-0.2, 0) is 16.0 Å². The van der Waals surface area contributed by atoms with Crippen LogP contribution in [0.5, 0.6) is 5.75 Å². The number of hydrogen-bond donors (Lipinski definition) is 4. The number of aromatic hydroxyl groups is 1. The Hall–Kier alpha value is -3.03. The first-order valence-electron chi connectivity index (χ1n) is 9.91. The molecule has 0 aliphatic rings. The summed E-state index contributed by atoms with van der Waals surface area (Å²) in [6.45, 7) is 1.73. The lowest BCUT2D eigenvalue weighted by Gasteiger charge is -2.17. The predicted molar refractivity (Wildman–Crippen MR) is 125 cm³/mol. The summed E-state index contributed by atoms with van der Waals surface area (Å²) in [6.07, 6.45) is 1.59. The number of aromatic nitrogens is 1. The molecule has 2 atom stereocenters. The van der Waals surface area contributed by atoms with Crippen molar-refractivity contribution < 1.29 is 24.4 Å². The van der Waals surface area contributed by atoms with Gasteiger partial charge in [0.15, 0.2) is 5.03 Å². The SMILES string of the molecule is CC(C[C@@H](N)Cc1ccc(O)cc1)C(=O)NNC(=O)OCCSSc1ncccc1[N+](=O)[O-]. The maximum absolute atomic E-state index is 12.2. The molecule has 1 heterocycles. The Morgan fingerprint density at radius 1 is 1.27 bits per heavy atom. The van der Waals surface area contributed by atoms with Crippen molar-refractivity contribution in [2.24, 2.45) is 11.7 Å². The molecule has 0 saturated heterocycles. The number of phenols is 1. The highest BCUT2D eigenvalue weighted by Crippen LogP contribution is 2.35. The molecule has 13 heteroatoms. The largest absolute Gasteiger partial charge is 0.508 e. The number of pyridine rings is 1. The topological polar surface area (TPSA) is 170 Å². The number of ether oxygens (including phenoxy) is 1. The van der Waals surface area contributed by atoms with Gasteiger partial charge in [0.1, 0.15) is 12.4 Å². The van der Waals surface area contributed by atoms with Crippen LogP contribution < -0.4 is 16.6 Å². The zero-order chi connectivity index (χ0) is 24.2. The second kappa shape index (κ2) is 13.5. The number of nitrogens with two attached hydrogens (primary N) is 1. The summed E-state index contributed by atoms with van der Waals surface area (Å²) in [4.78, 5) is 38.3. The molecular formula is C20H25N5O6S2. The number of nitro groups is 1. The number of nitrogens with zero attached hydrogens (tertiary/aromatic N) is 2. The van der Waals surface area contributed by atoms with Gasteiger partial charge in [-0.15, -0.1) is 0 Å². The molecule has 1 unspecified atom stereocenters. The number of rotatable bonds is 11. The Morgan fingerprint density at radius 2 is 2.00 bits per heavy atom. The number of amides is 2. The third kappa shape index (κ3) is 9.55. The van der Waals surface area contributed by atoms with Crippen molar-refractivity contribution >= 4 is 39.3 Å². The second-order valence-electron chi connectivity index (χ2n) is 7.01. The minimum Gasteiger partial charge on any atom is -0.508 e. The van der Waals surface area contributed by atoms with Crippen LogP contribution in [0.25, 0.3) is 0 Å². The third-order valence-corrected chi connectivity index (χ3v) is 6.56. The zero-order valence-corrected chi connectivity index (χ0v) is 19.4.